The van der Waals surface area contributed by atoms with Crippen LogP contribution in [0.5, 0.6) is 0 Å². The second-order valence-electron chi connectivity index (χ2n) is 3.20. The van der Waals surface area contributed by atoms with Gasteiger partial charge in [-0.15, -0.1) is 0 Å². The summed E-state index contributed by atoms with van der Waals surface area (Å²) in [7, 11) is 0. The van der Waals surface area contributed by atoms with Crippen molar-refractivity contribution in [3.8, 4) is 0 Å². The Balaban J connectivity index is 0. The Kier molecular flexibility index (Phi) is 17.8. The van der Waals surface area contributed by atoms with Crippen LogP contribution in [0, 0.1) is 0 Å². The zero-order chi connectivity index (χ0) is 8.36. The van der Waals surface area contributed by atoms with Gasteiger partial charge < -0.3 is 5.11 Å². The second kappa shape index (κ2) is 14.1. The molecular weight excluding hydrogens is 206 g/mol. The summed E-state index contributed by atoms with van der Waals surface area (Å²) < 4.78 is 0. The summed E-state index contributed by atoms with van der Waals surface area (Å²) >= 11 is 0. The normalized spacial score (nSPS) is 9.50. The van der Waals surface area contributed by atoms with Crippen LogP contribution in [-0.2, 0) is 0 Å². The Morgan fingerprint density at radius 2 is 1.17 bits per heavy atom. The monoisotopic (exact) mass is 230 g/mol. The first-order chi connectivity index (χ1) is 5.41. The van der Waals surface area contributed by atoms with Crippen LogP contribution in [0.15, 0.2) is 0 Å². The molecule has 1 nitrogen and oxygen atoms in total. The fourth-order valence-corrected chi connectivity index (χ4v) is 1.25. The molecule has 0 amide bonds. The van der Waals surface area contributed by atoms with Gasteiger partial charge in [0.25, 0.3) is 0 Å². The first-order valence-corrected chi connectivity index (χ1v) is 5.02. The van der Waals surface area contributed by atoms with Crippen molar-refractivity contribution in [1.82, 2.24) is 0 Å². The average Bonchev–Trinajstić information content (AvgIpc) is 2.03. The third-order valence-corrected chi connectivity index (χ3v) is 2.01. The van der Waals surface area contributed by atoms with Crippen molar-refractivity contribution in [2.24, 2.45) is 0 Å². The summed E-state index contributed by atoms with van der Waals surface area (Å²) in [6.45, 7) is 2.61. The van der Waals surface area contributed by atoms with Crippen molar-refractivity contribution in [2.45, 2.75) is 58.3 Å². The zero-order valence-corrected chi connectivity index (χ0v) is 7.81. The molecule has 0 aromatic carbocycles. The van der Waals surface area contributed by atoms with Gasteiger partial charge in [0.15, 0.2) is 0 Å². The molecule has 0 heterocycles. The van der Waals surface area contributed by atoms with Crippen LogP contribution < -0.4 is 0 Å². The van der Waals surface area contributed by atoms with E-state index < -0.39 is 0 Å². The first-order valence-electron chi connectivity index (χ1n) is 5.02. The van der Waals surface area contributed by atoms with E-state index in [9.17, 15) is 0 Å². The molecule has 0 aromatic heterocycles. The standard InChI is InChI=1S/C10H22O.Ga.3H/c1-2-3-4-5-6-7-8-9-10-11;;;;/h11H,2-10H2,1H3;;;;. The van der Waals surface area contributed by atoms with E-state index in [4.69, 9.17) is 5.11 Å². The molecular formula is C10H25GaO. The van der Waals surface area contributed by atoms with Gasteiger partial charge in [0, 0.05) is 6.61 Å². The fourth-order valence-electron chi connectivity index (χ4n) is 1.25. The van der Waals surface area contributed by atoms with Crippen molar-refractivity contribution < 1.29 is 5.11 Å². The fraction of sp³-hybridized carbons (Fsp3) is 1.00. The van der Waals surface area contributed by atoms with Crippen molar-refractivity contribution in [1.29, 1.82) is 0 Å². The molecule has 0 bridgehead atoms. The Hall–Kier alpha value is 0.596. The van der Waals surface area contributed by atoms with E-state index in [2.05, 4.69) is 6.92 Å². The molecule has 0 aliphatic heterocycles. The Bertz CT molecular complexity index is 58.9. The molecule has 12 heavy (non-hydrogen) atoms. The first kappa shape index (κ1) is 15.1. The van der Waals surface area contributed by atoms with E-state index in [1.807, 2.05) is 0 Å². The molecule has 0 aromatic rings. The summed E-state index contributed by atoms with van der Waals surface area (Å²) in [4.78, 5) is 0. The van der Waals surface area contributed by atoms with E-state index in [0.29, 0.717) is 6.61 Å². The SMILES string of the molecule is CCCCCCCCCCO.[GaH3]. The van der Waals surface area contributed by atoms with Crippen LogP contribution in [0.1, 0.15) is 58.3 Å². The molecule has 0 aliphatic carbocycles. The van der Waals surface area contributed by atoms with Gasteiger partial charge in [-0.25, -0.2) is 0 Å². The van der Waals surface area contributed by atoms with E-state index >= 15 is 0 Å². The molecule has 0 aliphatic rings. The van der Waals surface area contributed by atoms with E-state index in [1.54, 1.807) is 0 Å². The van der Waals surface area contributed by atoms with Crippen LogP contribution in [0.25, 0.3) is 0 Å². The van der Waals surface area contributed by atoms with Crippen molar-refractivity contribution in [3.63, 3.8) is 0 Å². The molecule has 0 atom stereocenters. The van der Waals surface area contributed by atoms with Gasteiger partial charge in [0.2, 0.25) is 0 Å². The van der Waals surface area contributed by atoms with Gasteiger partial charge in [0.05, 0.1) is 0 Å². The van der Waals surface area contributed by atoms with Gasteiger partial charge in [0.1, 0.15) is 0 Å². The summed E-state index contributed by atoms with van der Waals surface area (Å²) in [6.07, 6.45) is 10.4. The van der Waals surface area contributed by atoms with Gasteiger partial charge in [-0.1, -0.05) is 51.9 Å². The van der Waals surface area contributed by atoms with E-state index in [0.717, 1.165) is 6.42 Å². The molecule has 0 radical (unpaired) electrons. The van der Waals surface area contributed by atoms with Gasteiger partial charge in [-0.3, -0.25) is 0 Å². The van der Waals surface area contributed by atoms with E-state index in [1.165, 1.54) is 44.9 Å². The summed E-state index contributed by atoms with van der Waals surface area (Å²) in [5, 5.41) is 8.51. The van der Waals surface area contributed by atoms with Crippen molar-refractivity contribution in [3.05, 3.63) is 0 Å². The Morgan fingerprint density at radius 1 is 0.750 bits per heavy atom. The van der Waals surface area contributed by atoms with Gasteiger partial charge in [-0.2, -0.15) is 0 Å². The van der Waals surface area contributed by atoms with Gasteiger partial charge in [-0.05, 0) is 6.42 Å². The van der Waals surface area contributed by atoms with Crippen molar-refractivity contribution in [2.75, 3.05) is 6.61 Å². The number of aliphatic hydroxyl groups excluding tert-OH is 1. The predicted octanol–water partition coefficient (Wildman–Crippen LogP) is 1.94. The number of hydrogen-bond acceptors (Lipinski definition) is 1. The second-order valence-corrected chi connectivity index (χ2v) is 3.20. The minimum atomic E-state index is 0. The topological polar surface area (TPSA) is 20.2 Å². The Labute approximate surface area is 90.0 Å². The minimum absolute atomic E-state index is 0. The van der Waals surface area contributed by atoms with Crippen LogP contribution in [-0.4, -0.2) is 31.5 Å². The van der Waals surface area contributed by atoms with E-state index in [-0.39, 0.29) is 19.8 Å². The van der Waals surface area contributed by atoms with Gasteiger partial charge >= 0.3 is 19.8 Å². The molecule has 0 unspecified atom stereocenters. The molecule has 2 heteroatoms. The zero-order valence-electron chi connectivity index (χ0n) is 7.81. The quantitative estimate of drug-likeness (QED) is 0.500. The van der Waals surface area contributed by atoms with Crippen LogP contribution in [0.2, 0.25) is 0 Å². The molecule has 74 valence electrons. The van der Waals surface area contributed by atoms with Crippen LogP contribution in [0.3, 0.4) is 0 Å². The molecule has 0 spiro atoms. The maximum atomic E-state index is 8.51. The number of unbranched alkanes of at least 4 members (excludes halogenated alkanes) is 7. The predicted molar refractivity (Wildman–Crippen MR) is 59.6 cm³/mol. The molecule has 1 N–H and O–H groups in total. The molecule has 0 fully saturated rings. The summed E-state index contributed by atoms with van der Waals surface area (Å²) in [5.41, 5.74) is 0. The maximum absolute atomic E-state index is 8.51. The summed E-state index contributed by atoms with van der Waals surface area (Å²) in [5.74, 6) is 0. The number of hydrogen-bond donors (Lipinski definition) is 1. The molecule has 0 saturated carbocycles. The third kappa shape index (κ3) is 13.2. The van der Waals surface area contributed by atoms with Crippen molar-refractivity contribution >= 4 is 19.8 Å². The average molecular weight is 231 g/mol. The van der Waals surface area contributed by atoms with Crippen LogP contribution >= 0.6 is 0 Å². The third-order valence-electron chi connectivity index (χ3n) is 2.01. The molecule has 0 rings (SSSR count). The number of rotatable bonds is 8. The summed E-state index contributed by atoms with van der Waals surface area (Å²) in [6, 6.07) is 0. The number of aliphatic hydroxyl groups is 1. The molecule has 0 saturated heterocycles. The Morgan fingerprint density at radius 3 is 1.58 bits per heavy atom. The van der Waals surface area contributed by atoms with Crippen LogP contribution in [0.4, 0.5) is 0 Å².